The van der Waals surface area contributed by atoms with Crippen LogP contribution in [0.2, 0.25) is 5.15 Å². The minimum atomic E-state index is -0.492. The van der Waals surface area contributed by atoms with Gasteiger partial charge in [-0.15, -0.1) is 0 Å². The lowest BCUT2D eigenvalue weighted by atomic mass is 10.0. The molecule has 2 N–H and O–H groups in total. The van der Waals surface area contributed by atoms with Crippen LogP contribution < -0.4 is 10.6 Å². The molecule has 1 heterocycles. The van der Waals surface area contributed by atoms with Crippen LogP contribution >= 0.6 is 11.6 Å². The Bertz CT molecular complexity index is 805. The molecule has 28 heavy (non-hydrogen) atoms. The molecule has 0 saturated heterocycles. The van der Waals surface area contributed by atoms with E-state index in [0.29, 0.717) is 30.2 Å². The quantitative estimate of drug-likeness (QED) is 0.699. The van der Waals surface area contributed by atoms with Crippen LogP contribution in [-0.4, -0.2) is 41.0 Å². The highest BCUT2D eigenvalue weighted by molar-refractivity contribution is 6.33. The van der Waals surface area contributed by atoms with Crippen molar-refractivity contribution in [1.29, 1.82) is 0 Å². The second-order valence-corrected chi connectivity index (χ2v) is 7.26. The van der Waals surface area contributed by atoms with Crippen LogP contribution in [-0.2, 0) is 4.74 Å². The summed E-state index contributed by atoms with van der Waals surface area (Å²) in [5, 5.41) is 10.3. The van der Waals surface area contributed by atoms with Crippen molar-refractivity contribution in [2.45, 2.75) is 40.2 Å². The van der Waals surface area contributed by atoms with Gasteiger partial charge in [-0.2, -0.15) is 5.10 Å². The highest BCUT2D eigenvalue weighted by Gasteiger charge is 2.22. The number of halogens is 1. The molecule has 0 radical (unpaired) electrons. The topological polar surface area (TPSA) is 85.2 Å². The predicted octanol–water partition coefficient (Wildman–Crippen LogP) is 3.72. The van der Waals surface area contributed by atoms with E-state index in [1.165, 1.54) is 4.68 Å². The lowest BCUT2D eigenvalue weighted by molar-refractivity contribution is 0.0944. The van der Waals surface area contributed by atoms with Gasteiger partial charge in [-0.25, -0.2) is 9.48 Å². The van der Waals surface area contributed by atoms with Gasteiger partial charge in [0.15, 0.2) is 0 Å². The number of carbonyl (C=O) groups is 2. The number of amides is 2. The van der Waals surface area contributed by atoms with Gasteiger partial charge in [-0.1, -0.05) is 43.6 Å². The number of aryl methyl sites for hydroxylation is 1. The lowest BCUT2D eigenvalue weighted by Crippen LogP contribution is -2.44. The molecule has 0 aliphatic heterocycles. The van der Waals surface area contributed by atoms with Crippen molar-refractivity contribution < 1.29 is 14.3 Å². The van der Waals surface area contributed by atoms with Gasteiger partial charge in [0.25, 0.3) is 5.91 Å². The van der Waals surface area contributed by atoms with E-state index in [1.54, 1.807) is 13.8 Å². The molecule has 0 fully saturated rings. The fourth-order valence-corrected chi connectivity index (χ4v) is 3.26. The molecule has 1 aromatic heterocycles. The van der Waals surface area contributed by atoms with Crippen molar-refractivity contribution in [3.63, 3.8) is 0 Å². The fourth-order valence-electron chi connectivity index (χ4n) is 2.90. The Morgan fingerprint density at radius 3 is 2.54 bits per heavy atom. The number of nitrogens with one attached hydrogen (secondary N) is 2. The monoisotopic (exact) mass is 406 g/mol. The molecule has 8 heteroatoms. The van der Waals surface area contributed by atoms with Crippen LogP contribution in [0.1, 0.15) is 43.2 Å². The van der Waals surface area contributed by atoms with Gasteiger partial charge in [-0.05, 0) is 38.3 Å². The molecule has 152 valence electrons. The Hall–Kier alpha value is -2.54. The first-order chi connectivity index (χ1) is 13.3. The SMILES string of the molecule is CCOC(=O)N[C@@H](CNC(=O)c1c(C)nn(-c2ccccc2)c1Cl)CC(C)C. The molecule has 0 unspecified atom stereocenters. The van der Waals surface area contributed by atoms with Crippen LogP contribution in [0.3, 0.4) is 0 Å². The molecule has 1 aromatic carbocycles. The van der Waals surface area contributed by atoms with E-state index in [4.69, 9.17) is 16.3 Å². The minimum absolute atomic E-state index is 0.244. The largest absolute Gasteiger partial charge is 0.450 e. The zero-order valence-electron chi connectivity index (χ0n) is 16.7. The molecular formula is C20H27ClN4O3. The summed E-state index contributed by atoms with van der Waals surface area (Å²) in [5.74, 6) is 0.0130. The summed E-state index contributed by atoms with van der Waals surface area (Å²) in [4.78, 5) is 24.5. The van der Waals surface area contributed by atoms with Crippen molar-refractivity contribution in [1.82, 2.24) is 20.4 Å². The Kier molecular flexibility index (Phi) is 7.87. The molecule has 0 aliphatic carbocycles. The van der Waals surface area contributed by atoms with E-state index in [-0.39, 0.29) is 23.6 Å². The summed E-state index contributed by atoms with van der Waals surface area (Å²) < 4.78 is 6.47. The zero-order valence-corrected chi connectivity index (χ0v) is 17.4. The van der Waals surface area contributed by atoms with Gasteiger partial charge < -0.3 is 15.4 Å². The average Bonchev–Trinajstić information content (AvgIpc) is 2.94. The minimum Gasteiger partial charge on any atom is -0.450 e. The molecule has 0 bridgehead atoms. The van der Waals surface area contributed by atoms with E-state index in [2.05, 4.69) is 15.7 Å². The van der Waals surface area contributed by atoms with Crippen LogP contribution in [0, 0.1) is 12.8 Å². The van der Waals surface area contributed by atoms with Crippen LogP contribution in [0.5, 0.6) is 0 Å². The summed E-state index contributed by atoms with van der Waals surface area (Å²) in [6.45, 7) is 8.14. The number of carbonyl (C=O) groups excluding carboxylic acids is 2. The summed E-state index contributed by atoms with van der Waals surface area (Å²) in [5.41, 5.74) is 1.63. The summed E-state index contributed by atoms with van der Waals surface area (Å²) in [6, 6.07) is 9.13. The van der Waals surface area contributed by atoms with Gasteiger partial charge >= 0.3 is 6.09 Å². The van der Waals surface area contributed by atoms with E-state index >= 15 is 0 Å². The number of alkyl carbamates (subject to hydrolysis) is 1. The second-order valence-electron chi connectivity index (χ2n) is 6.90. The van der Waals surface area contributed by atoms with Gasteiger partial charge in [-0.3, -0.25) is 4.79 Å². The highest BCUT2D eigenvalue weighted by atomic mass is 35.5. The van der Waals surface area contributed by atoms with E-state index in [1.807, 2.05) is 44.2 Å². The van der Waals surface area contributed by atoms with Crippen LogP contribution in [0.4, 0.5) is 4.79 Å². The molecule has 2 amide bonds. The van der Waals surface area contributed by atoms with Gasteiger partial charge in [0, 0.05) is 12.6 Å². The van der Waals surface area contributed by atoms with Crippen LogP contribution in [0.15, 0.2) is 30.3 Å². The Labute approximate surface area is 170 Å². The Morgan fingerprint density at radius 2 is 1.93 bits per heavy atom. The maximum Gasteiger partial charge on any atom is 0.407 e. The number of para-hydroxylation sites is 1. The molecule has 0 aliphatic rings. The molecular weight excluding hydrogens is 380 g/mol. The number of benzene rings is 1. The first-order valence-electron chi connectivity index (χ1n) is 9.35. The third kappa shape index (κ3) is 5.73. The number of hydrogen-bond donors (Lipinski definition) is 2. The van der Waals surface area contributed by atoms with Crippen molar-refractivity contribution in [3.8, 4) is 5.69 Å². The highest BCUT2D eigenvalue weighted by Crippen LogP contribution is 2.23. The number of aromatic nitrogens is 2. The molecule has 0 spiro atoms. The van der Waals surface area contributed by atoms with Crippen molar-refractivity contribution >= 4 is 23.6 Å². The average molecular weight is 407 g/mol. The van der Waals surface area contributed by atoms with Crippen molar-refractivity contribution in [2.24, 2.45) is 5.92 Å². The third-order valence-electron chi connectivity index (χ3n) is 4.09. The van der Waals surface area contributed by atoms with E-state index < -0.39 is 6.09 Å². The first kappa shape index (κ1) is 21.8. The van der Waals surface area contributed by atoms with E-state index in [0.717, 1.165) is 5.69 Å². The number of hydrogen-bond acceptors (Lipinski definition) is 4. The zero-order chi connectivity index (χ0) is 20.7. The Morgan fingerprint density at radius 1 is 1.25 bits per heavy atom. The smallest absolute Gasteiger partial charge is 0.407 e. The summed E-state index contributed by atoms with van der Waals surface area (Å²) in [7, 11) is 0. The first-order valence-corrected chi connectivity index (χ1v) is 9.73. The standard InChI is InChI=1S/C20H27ClN4O3/c1-5-28-20(27)23-15(11-13(2)3)12-22-19(26)17-14(4)24-25(18(17)21)16-9-7-6-8-10-16/h6-10,13,15H,5,11-12H2,1-4H3,(H,22,26)(H,23,27)/t15-/m1/s1. The molecule has 2 aromatic rings. The van der Waals surface area contributed by atoms with Gasteiger partial charge in [0.1, 0.15) is 5.15 Å². The van der Waals surface area contributed by atoms with Gasteiger partial charge in [0.05, 0.1) is 23.6 Å². The molecule has 2 rings (SSSR count). The summed E-state index contributed by atoms with van der Waals surface area (Å²) in [6.07, 6.45) is 0.211. The maximum atomic E-state index is 12.7. The molecule has 1 atom stereocenters. The van der Waals surface area contributed by atoms with Gasteiger partial charge in [0.2, 0.25) is 0 Å². The molecule has 7 nitrogen and oxygen atoms in total. The van der Waals surface area contributed by atoms with Crippen molar-refractivity contribution in [3.05, 3.63) is 46.7 Å². The Balaban J connectivity index is 2.11. The lowest BCUT2D eigenvalue weighted by Gasteiger charge is -2.20. The van der Waals surface area contributed by atoms with E-state index in [9.17, 15) is 9.59 Å². The second kappa shape index (κ2) is 10.1. The predicted molar refractivity (Wildman–Crippen MR) is 109 cm³/mol. The molecule has 0 saturated carbocycles. The fraction of sp³-hybridized carbons (Fsp3) is 0.450. The number of ether oxygens (including phenoxy) is 1. The van der Waals surface area contributed by atoms with Crippen molar-refractivity contribution in [2.75, 3.05) is 13.2 Å². The maximum absolute atomic E-state index is 12.7. The normalized spacial score (nSPS) is 11.9. The summed E-state index contributed by atoms with van der Waals surface area (Å²) >= 11 is 6.43. The number of rotatable bonds is 8. The third-order valence-corrected chi connectivity index (χ3v) is 4.44. The number of nitrogens with zero attached hydrogens (tertiary/aromatic N) is 2. The van der Waals surface area contributed by atoms with Crippen LogP contribution in [0.25, 0.3) is 5.69 Å².